The molecule has 2 heterocycles. The smallest absolute Gasteiger partial charge is 0.356 e. The van der Waals surface area contributed by atoms with E-state index in [-0.39, 0.29) is 42.7 Å². The van der Waals surface area contributed by atoms with Gasteiger partial charge in [0.25, 0.3) is 5.56 Å². The van der Waals surface area contributed by atoms with E-state index in [1.165, 1.54) is 35.4 Å². The van der Waals surface area contributed by atoms with Crippen LogP contribution in [0.3, 0.4) is 0 Å². The van der Waals surface area contributed by atoms with Crippen molar-refractivity contribution in [2.45, 2.75) is 25.7 Å². The zero-order valence-corrected chi connectivity index (χ0v) is 14.0. The Balaban J connectivity index is 1.79. The van der Waals surface area contributed by atoms with Crippen molar-refractivity contribution in [1.82, 2.24) is 15.1 Å². The maximum atomic E-state index is 13.1. The van der Waals surface area contributed by atoms with E-state index >= 15 is 0 Å². The lowest BCUT2D eigenvalue weighted by atomic mass is 10.1. The second-order valence-electron chi connectivity index (χ2n) is 6.21. The van der Waals surface area contributed by atoms with Crippen molar-refractivity contribution < 1.29 is 18.0 Å². The van der Waals surface area contributed by atoms with Gasteiger partial charge in [-0.3, -0.25) is 9.59 Å². The molecule has 138 valence electrons. The first-order valence-corrected chi connectivity index (χ1v) is 8.00. The molecule has 1 saturated heterocycles. The first kappa shape index (κ1) is 18.0. The summed E-state index contributed by atoms with van der Waals surface area (Å²) in [6, 6.07) is 6.42. The number of nitrogens with zero attached hydrogens (tertiary/aromatic N) is 3. The Bertz CT molecular complexity index is 865. The van der Waals surface area contributed by atoms with E-state index in [9.17, 15) is 22.8 Å². The van der Waals surface area contributed by atoms with Crippen molar-refractivity contribution >= 4 is 11.6 Å². The van der Waals surface area contributed by atoms with Crippen LogP contribution in [0.4, 0.5) is 18.9 Å². The fourth-order valence-corrected chi connectivity index (χ4v) is 3.08. The summed E-state index contributed by atoms with van der Waals surface area (Å²) in [6.07, 6.45) is -3.02. The molecule has 0 radical (unpaired) electrons. The van der Waals surface area contributed by atoms with Gasteiger partial charge in [-0.2, -0.15) is 18.3 Å². The number of carbonyl (C=O) groups excluding carboxylic acids is 1. The van der Waals surface area contributed by atoms with E-state index in [2.05, 4.69) is 10.2 Å². The molecule has 1 aliphatic rings. The molecule has 9 heteroatoms. The van der Waals surface area contributed by atoms with Crippen molar-refractivity contribution in [3.63, 3.8) is 0 Å². The van der Waals surface area contributed by atoms with Gasteiger partial charge >= 0.3 is 6.18 Å². The first-order chi connectivity index (χ1) is 12.3. The van der Waals surface area contributed by atoms with Crippen LogP contribution < -0.4 is 10.5 Å². The predicted octanol–water partition coefficient (Wildman–Crippen LogP) is 2.03. The minimum absolute atomic E-state index is 0.0273. The lowest BCUT2D eigenvalue weighted by Gasteiger charge is -2.40. The summed E-state index contributed by atoms with van der Waals surface area (Å²) in [5.41, 5.74) is -0.554. The number of piperazine rings is 1. The van der Waals surface area contributed by atoms with Crippen LogP contribution in [0.5, 0.6) is 0 Å². The highest BCUT2D eigenvalue weighted by Gasteiger charge is 2.35. The molecule has 2 aromatic rings. The number of alkyl halides is 3. The highest BCUT2D eigenvalue weighted by atomic mass is 19.4. The number of nitrogens with one attached hydrogen (secondary N) is 1. The van der Waals surface area contributed by atoms with Crippen LogP contribution >= 0.6 is 0 Å². The number of H-pyrrole nitrogens is 1. The molecule has 1 N–H and O–H groups in total. The normalized spacial score (nSPS) is 18.3. The van der Waals surface area contributed by atoms with Crippen LogP contribution in [0, 0.1) is 0 Å². The average Bonchev–Trinajstić information content (AvgIpc) is 2.57. The second kappa shape index (κ2) is 6.81. The number of rotatable bonds is 3. The van der Waals surface area contributed by atoms with Gasteiger partial charge in [-0.1, -0.05) is 18.2 Å². The Morgan fingerprint density at radius 1 is 1.27 bits per heavy atom. The van der Waals surface area contributed by atoms with Crippen LogP contribution in [-0.4, -0.2) is 40.1 Å². The number of benzene rings is 1. The summed E-state index contributed by atoms with van der Waals surface area (Å²) in [7, 11) is 0. The number of hydrogen-bond acceptors (Lipinski definition) is 4. The Hall–Kier alpha value is -2.84. The van der Waals surface area contributed by atoms with Crippen LogP contribution in [0.1, 0.15) is 18.1 Å². The molecule has 0 spiro atoms. The van der Waals surface area contributed by atoms with Crippen LogP contribution in [0.2, 0.25) is 0 Å². The molecule has 0 bridgehead atoms. The molecule has 6 nitrogen and oxygen atoms in total. The van der Waals surface area contributed by atoms with Crippen molar-refractivity contribution in [2.24, 2.45) is 0 Å². The Kier molecular flexibility index (Phi) is 4.71. The van der Waals surface area contributed by atoms with E-state index in [1.54, 1.807) is 4.90 Å². The molecule has 3 rings (SSSR count). The third kappa shape index (κ3) is 3.71. The molecule has 26 heavy (non-hydrogen) atoms. The molecule has 0 unspecified atom stereocenters. The van der Waals surface area contributed by atoms with Crippen molar-refractivity contribution in [2.75, 3.05) is 18.0 Å². The van der Waals surface area contributed by atoms with Gasteiger partial charge in [-0.25, -0.2) is 5.10 Å². The molecular weight excluding hydrogens is 349 g/mol. The number of aromatic amines is 1. The third-order valence-electron chi connectivity index (χ3n) is 4.34. The zero-order valence-electron chi connectivity index (χ0n) is 14.0. The highest BCUT2D eigenvalue weighted by Crippen LogP contribution is 2.32. The van der Waals surface area contributed by atoms with Gasteiger partial charge in [-0.05, 0) is 18.6 Å². The summed E-state index contributed by atoms with van der Waals surface area (Å²) in [5.74, 6) is -0.305. The minimum Gasteiger partial charge on any atom is -0.356 e. The quantitative estimate of drug-likeness (QED) is 0.903. The van der Waals surface area contributed by atoms with Gasteiger partial charge in [0.2, 0.25) is 5.91 Å². The summed E-state index contributed by atoms with van der Waals surface area (Å²) in [4.78, 5) is 27.0. The molecule has 1 aromatic carbocycles. The predicted molar refractivity (Wildman–Crippen MR) is 88.5 cm³/mol. The standard InChI is InChI=1S/C17H17F3N4O2/c1-11-8-23(9-12-4-2-3-5-14(12)17(18,19)20)16(26)10-24(11)13-6-15(25)22-21-7-13/h2-7,11H,8-10H2,1H3,(H,22,25)/t11-/m1/s1. The number of amides is 1. The second-order valence-corrected chi connectivity index (χ2v) is 6.21. The SMILES string of the molecule is C[C@@H]1CN(Cc2ccccc2C(F)(F)F)C(=O)CN1c1cn[nH]c(=O)c1. The molecule has 1 aromatic heterocycles. The van der Waals surface area contributed by atoms with Crippen molar-refractivity contribution in [1.29, 1.82) is 0 Å². The molecule has 1 atom stereocenters. The molecule has 1 amide bonds. The van der Waals surface area contributed by atoms with Gasteiger partial charge in [0.1, 0.15) is 0 Å². The number of hydrogen-bond donors (Lipinski definition) is 1. The van der Waals surface area contributed by atoms with Gasteiger partial charge in [-0.15, -0.1) is 0 Å². The molecule has 0 saturated carbocycles. The number of halogens is 3. The van der Waals surface area contributed by atoms with E-state index in [1.807, 2.05) is 6.92 Å². The number of anilines is 1. The van der Waals surface area contributed by atoms with Gasteiger partial charge in [0.05, 0.1) is 24.0 Å². The topological polar surface area (TPSA) is 69.3 Å². The first-order valence-electron chi connectivity index (χ1n) is 8.00. The maximum Gasteiger partial charge on any atom is 0.416 e. The van der Waals surface area contributed by atoms with E-state index in [4.69, 9.17) is 0 Å². The zero-order chi connectivity index (χ0) is 18.9. The number of carbonyl (C=O) groups is 1. The van der Waals surface area contributed by atoms with E-state index in [0.29, 0.717) is 5.69 Å². The Labute approximate surface area is 147 Å². The average molecular weight is 366 g/mol. The molecule has 1 fully saturated rings. The summed E-state index contributed by atoms with van der Waals surface area (Å²) in [5, 5.41) is 5.98. The molecule has 1 aliphatic heterocycles. The van der Waals surface area contributed by atoms with E-state index in [0.717, 1.165) is 6.07 Å². The van der Waals surface area contributed by atoms with Gasteiger partial charge < -0.3 is 9.80 Å². The summed E-state index contributed by atoms with van der Waals surface area (Å²) in [6.45, 7) is 1.95. The molecular formula is C17H17F3N4O2. The maximum absolute atomic E-state index is 13.1. The highest BCUT2D eigenvalue weighted by molar-refractivity contribution is 5.83. The van der Waals surface area contributed by atoms with Crippen LogP contribution in [0.15, 0.2) is 41.3 Å². The molecule has 0 aliphatic carbocycles. The third-order valence-corrected chi connectivity index (χ3v) is 4.34. The summed E-state index contributed by atoms with van der Waals surface area (Å²) < 4.78 is 39.4. The van der Waals surface area contributed by atoms with Crippen molar-refractivity contribution in [3.8, 4) is 0 Å². The fourth-order valence-electron chi connectivity index (χ4n) is 3.08. The van der Waals surface area contributed by atoms with Crippen LogP contribution in [0.25, 0.3) is 0 Å². The Morgan fingerprint density at radius 3 is 2.69 bits per heavy atom. The van der Waals surface area contributed by atoms with E-state index < -0.39 is 11.7 Å². The largest absolute Gasteiger partial charge is 0.416 e. The fraction of sp³-hybridized carbons (Fsp3) is 0.353. The Morgan fingerprint density at radius 2 is 2.00 bits per heavy atom. The van der Waals surface area contributed by atoms with Crippen LogP contribution in [-0.2, 0) is 17.5 Å². The van der Waals surface area contributed by atoms with Gasteiger partial charge in [0.15, 0.2) is 0 Å². The lowest BCUT2D eigenvalue weighted by Crippen LogP contribution is -2.55. The minimum atomic E-state index is -4.47. The van der Waals surface area contributed by atoms with Gasteiger partial charge in [0, 0.05) is 25.2 Å². The summed E-state index contributed by atoms with van der Waals surface area (Å²) >= 11 is 0. The lowest BCUT2D eigenvalue weighted by molar-refractivity contribution is -0.140. The van der Waals surface area contributed by atoms with Crippen molar-refractivity contribution in [3.05, 3.63) is 58.0 Å². The monoisotopic (exact) mass is 366 g/mol. The number of aromatic nitrogens is 2.